The maximum atomic E-state index is 12.6. The second-order valence-electron chi connectivity index (χ2n) is 7.33. The van der Waals surface area contributed by atoms with E-state index in [1.165, 1.54) is 18.4 Å². The van der Waals surface area contributed by atoms with Gasteiger partial charge in [-0.15, -0.1) is 0 Å². The van der Waals surface area contributed by atoms with Crippen LogP contribution in [0.3, 0.4) is 0 Å². The average Bonchev–Trinajstić information content (AvgIpc) is 2.99. The number of ether oxygens (including phenoxy) is 1. The highest BCUT2D eigenvalue weighted by Gasteiger charge is 2.41. The zero-order valence-corrected chi connectivity index (χ0v) is 15.7. The summed E-state index contributed by atoms with van der Waals surface area (Å²) in [5, 5.41) is 0. The molecule has 1 amide bonds. The zero-order valence-electron chi connectivity index (χ0n) is 14.9. The van der Waals surface area contributed by atoms with E-state index in [0.717, 1.165) is 51.1 Å². The Bertz CT molecular complexity index is 722. The monoisotopic (exact) mass is 366 g/mol. The van der Waals surface area contributed by atoms with Gasteiger partial charge in [0.15, 0.2) is 0 Å². The van der Waals surface area contributed by atoms with Gasteiger partial charge >= 0.3 is 0 Å². The molecule has 0 aliphatic carbocycles. The summed E-state index contributed by atoms with van der Waals surface area (Å²) >= 11 is 0. The van der Waals surface area contributed by atoms with Crippen molar-refractivity contribution in [3.05, 3.63) is 29.8 Å². The highest BCUT2D eigenvalue weighted by Crippen LogP contribution is 2.38. The molecular weight excluding hydrogens is 340 g/mol. The van der Waals surface area contributed by atoms with Crippen LogP contribution in [0.4, 0.5) is 0 Å². The van der Waals surface area contributed by atoms with E-state index in [1.807, 2.05) is 4.90 Å². The van der Waals surface area contributed by atoms with E-state index < -0.39 is 10.0 Å². The molecule has 138 valence electrons. The first-order valence-electron chi connectivity index (χ1n) is 8.69. The molecule has 0 radical (unpaired) electrons. The summed E-state index contributed by atoms with van der Waals surface area (Å²) in [6, 6.07) is 6.59. The van der Waals surface area contributed by atoms with Crippen molar-refractivity contribution in [2.45, 2.75) is 30.6 Å². The van der Waals surface area contributed by atoms with Crippen LogP contribution in [0.15, 0.2) is 29.2 Å². The van der Waals surface area contributed by atoms with Crippen molar-refractivity contribution in [3.8, 4) is 0 Å². The summed E-state index contributed by atoms with van der Waals surface area (Å²) in [6.45, 7) is 3.15. The van der Waals surface area contributed by atoms with Gasteiger partial charge in [0.05, 0.1) is 17.9 Å². The van der Waals surface area contributed by atoms with Gasteiger partial charge < -0.3 is 9.64 Å². The Morgan fingerprint density at radius 2 is 1.96 bits per heavy atom. The second-order valence-corrected chi connectivity index (χ2v) is 9.48. The van der Waals surface area contributed by atoms with Crippen LogP contribution in [-0.2, 0) is 26.0 Å². The molecule has 2 aliphatic rings. The van der Waals surface area contributed by atoms with Crippen LogP contribution in [0, 0.1) is 5.41 Å². The van der Waals surface area contributed by atoms with E-state index in [-0.39, 0.29) is 16.2 Å². The van der Waals surface area contributed by atoms with Crippen LogP contribution in [0.1, 0.15) is 24.8 Å². The van der Waals surface area contributed by atoms with Crippen molar-refractivity contribution < 1.29 is 17.9 Å². The predicted octanol–water partition coefficient (Wildman–Crippen LogP) is 1.51. The van der Waals surface area contributed by atoms with E-state index in [0.29, 0.717) is 6.42 Å². The Kier molecular flexibility index (Phi) is 5.18. The van der Waals surface area contributed by atoms with Gasteiger partial charge in [-0.2, -0.15) is 0 Å². The first-order chi connectivity index (χ1) is 11.8. The van der Waals surface area contributed by atoms with Crippen molar-refractivity contribution in [2.75, 3.05) is 40.4 Å². The molecule has 6 nitrogen and oxygen atoms in total. The minimum atomic E-state index is -3.43. The van der Waals surface area contributed by atoms with Crippen molar-refractivity contribution in [3.63, 3.8) is 0 Å². The van der Waals surface area contributed by atoms with Crippen LogP contribution in [0.2, 0.25) is 0 Å². The number of likely N-dealkylation sites (tertiary alicyclic amines) is 1. The largest absolute Gasteiger partial charge is 0.381 e. The third-order valence-corrected chi connectivity index (χ3v) is 7.08. The van der Waals surface area contributed by atoms with Crippen LogP contribution in [0.5, 0.6) is 0 Å². The van der Waals surface area contributed by atoms with E-state index in [4.69, 9.17) is 4.74 Å². The van der Waals surface area contributed by atoms with Gasteiger partial charge in [-0.3, -0.25) is 4.79 Å². The van der Waals surface area contributed by atoms with Gasteiger partial charge in [0.25, 0.3) is 0 Å². The highest BCUT2D eigenvalue weighted by atomic mass is 32.2. The zero-order chi connectivity index (χ0) is 18.1. The molecular formula is C18H26N2O4S. The van der Waals surface area contributed by atoms with Gasteiger partial charge in [0.2, 0.25) is 15.9 Å². The number of hydrogen-bond acceptors (Lipinski definition) is 4. The molecule has 1 aromatic carbocycles. The topological polar surface area (TPSA) is 66.9 Å². The molecule has 0 N–H and O–H groups in total. The molecule has 1 spiro atoms. The minimum absolute atomic E-state index is 0.102. The number of carbonyl (C=O) groups excluding carboxylic acids is 1. The SMILES string of the molecule is CN(C)S(=O)(=O)c1ccc(CC(=O)N2CCC3(CCCOC3)C2)cc1. The molecule has 1 unspecified atom stereocenters. The normalized spacial score (nSPS) is 24.2. The number of rotatable bonds is 4. The first-order valence-corrected chi connectivity index (χ1v) is 10.1. The van der Waals surface area contributed by atoms with Gasteiger partial charge in [-0.05, 0) is 37.0 Å². The smallest absolute Gasteiger partial charge is 0.242 e. The summed E-state index contributed by atoms with van der Waals surface area (Å²) < 4.78 is 31.0. The van der Waals surface area contributed by atoms with E-state index in [1.54, 1.807) is 24.3 Å². The maximum absolute atomic E-state index is 12.6. The number of carbonyl (C=O) groups is 1. The Balaban J connectivity index is 1.62. The molecule has 0 saturated carbocycles. The molecule has 2 heterocycles. The average molecular weight is 366 g/mol. The second kappa shape index (κ2) is 7.05. The Hall–Kier alpha value is -1.44. The molecule has 2 aliphatic heterocycles. The van der Waals surface area contributed by atoms with E-state index in [2.05, 4.69) is 0 Å². The number of nitrogens with zero attached hydrogens (tertiary/aromatic N) is 2. The van der Waals surface area contributed by atoms with Gasteiger partial charge in [-0.1, -0.05) is 12.1 Å². The van der Waals surface area contributed by atoms with Gasteiger partial charge in [-0.25, -0.2) is 12.7 Å². The molecule has 1 atom stereocenters. The van der Waals surface area contributed by atoms with Crippen molar-refractivity contribution in [1.82, 2.24) is 9.21 Å². The lowest BCUT2D eigenvalue weighted by Gasteiger charge is -2.33. The van der Waals surface area contributed by atoms with Crippen LogP contribution in [0.25, 0.3) is 0 Å². The summed E-state index contributed by atoms with van der Waals surface area (Å²) in [5.74, 6) is 0.102. The molecule has 3 rings (SSSR count). The van der Waals surface area contributed by atoms with Gasteiger partial charge in [0.1, 0.15) is 0 Å². The molecule has 0 bridgehead atoms. The highest BCUT2D eigenvalue weighted by molar-refractivity contribution is 7.89. The summed E-state index contributed by atoms with van der Waals surface area (Å²) in [7, 11) is -0.423. The Morgan fingerprint density at radius 3 is 2.56 bits per heavy atom. The quantitative estimate of drug-likeness (QED) is 0.810. The number of benzene rings is 1. The fourth-order valence-corrected chi connectivity index (χ4v) is 4.56. The van der Waals surface area contributed by atoms with Crippen molar-refractivity contribution in [1.29, 1.82) is 0 Å². The molecule has 2 saturated heterocycles. The lowest BCUT2D eigenvalue weighted by Crippen LogP contribution is -2.37. The molecule has 1 aromatic rings. The lowest BCUT2D eigenvalue weighted by molar-refractivity contribution is -0.130. The van der Waals surface area contributed by atoms with Gasteiger partial charge in [0, 0.05) is 39.2 Å². The summed E-state index contributed by atoms with van der Waals surface area (Å²) in [5.41, 5.74) is 0.987. The van der Waals surface area contributed by atoms with Crippen LogP contribution < -0.4 is 0 Å². The maximum Gasteiger partial charge on any atom is 0.242 e. The number of amides is 1. The third kappa shape index (κ3) is 3.88. The number of sulfonamides is 1. The Morgan fingerprint density at radius 1 is 1.24 bits per heavy atom. The molecule has 25 heavy (non-hydrogen) atoms. The number of hydrogen-bond donors (Lipinski definition) is 0. The Labute approximate surface area is 149 Å². The fourth-order valence-electron chi connectivity index (χ4n) is 3.66. The van der Waals surface area contributed by atoms with Crippen LogP contribution in [-0.4, -0.2) is 63.9 Å². The summed E-state index contributed by atoms with van der Waals surface area (Å²) in [6.07, 6.45) is 3.52. The van der Waals surface area contributed by atoms with Crippen molar-refractivity contribution >= 4 is 15.9 Å². The van der Waals surface area contributed by atoms with Crippen molar-refractivity contribution in [2.24, 2.45) is 5.41 Å². The fraction of sp³-hybridized carbons (Fsp3) is 0.611. The predicted molar refractivity (Wildman–Crippen MR) is 94.7 cm³/mol. The third-order valence-electron chi connectivity index (χ3n) is 5.25. The van der Waals surface area contributed by atoms with E-state index >= 15 is 0 Å². The van der Waals surface area contributed by atoms with E-state index in [9.17, 15) is 13.2 Å². The molecule has 7 heteroatoms. The molecule has 0 aromatic heterocycles. The minimum Gasteiger partial charge on any atom is -0.381 e. The summed E-state index contributed by atoms with van der Waals surface area (Å²) in [4.78, 5) is 14.8. The first kappa shape index (κ1) is 18.4. The van der Waals surface area contributed by atoms with Crippen LogP contribution >= 0.6 is 0 Å². The standard InChI is InChI=1S/C18H26N2O4S/c1-19(2)25(22,23)16-6-4-15(5-7-16)12-17(21)20-10-9-18(13-20)8-3-11-24-14-18/h4-7H,3,8-14H2,1-2H3. The molecule has 2 fully saturated rings. The lowest BCUT2D eigenvalue weighted by atomic mass is 9.82.